The highest BCUT2D eigenvalue weighted by Crippen LogP contribution is 2.58. The molecule has 2 aromatic rings. The van der Waals surface area contributed by atoms with E-state index in [9.17, 15) is 19.5 Å². The molecule has 1 aromatic carbocycles. The molecule has 6 atom stereocenters. The fourth-order valence-electron chi connectivity index (χ4n) is 8.65. The number of amides is 1. The Kier molecular flexibility index (Phi) is 8.70. The molecule has 51 heavy (non-hydrogen) atoms. The number of allylic oxidation sites excluding steroid dienone is 2. The van der Waals surface area contributed by atoms with Crippen LogP contribution >= 0.6 is 21.6 Å². The topological polar surface area (TPSA) is 144 Å². The van der Waals surface area contributed by atoms with Crippen LogP contribution in [0.15, 0.2) is 85.9 Å². The van der Waals surface area contributed by atoms with Gasteiger partial charge in [0, 0.05) is 66.8 Å². The van der Waals surface area contributed by atoms with Gasteiger partial charge >= 0.3 is 11.6 Å². The van der Waals surface area contributed by atoms with Gasteiger partial charge < -0.3 is 34.9 Å². The number of benzene rings is 1. The molecule has 5 heterocycles. The third-order valence-electron chi connectivity index (χ3n) is 11.6. The number of carbonyl (C=O) groups excluding carboxylic acids is 2. The van der Waals surface area contributed by atoms with Crippen molar-refractivity contribution < 1.29 is 28.6 Å². The zero-order chi connectivity index (χ0) is 35.7. The number of ether oxygens (including phenoxy) is 2. The molecule has 1 spiro atoms. The highest BCUT2D eigenvalue weighted by molar-refractivity contribution is 8.77. The van der Waals surface area contributed by atoms with Crippen LogP contribution in [0.5, 0.6) is 5.75 Å². The molecule has 6 unspecified atom stereocenters. The Morgan fingerprint density at radius 2 is 2.10 bits per heavy atom. The molecule has 10 nitrogen and oxygen atoms in total. The number of nitrogens with one attached hydrogen (secondary N) is 1. The van der Waals surface area contributed by atoms with Crippen LogP contribution in [-0.4, -0.2) is 69.8 Å². The predicted molar refractivity (Wildman–Crippen MR) is 199 cm³/mol. The first-order chi connectivity index (χ1) is 24.5. The second-order valence-electron chi connectivity index (χ2n) is 14.7. The Balaban J connectivity index is 1.29. The van der Waals surface area contributed by atoms with E-state index in [1.807, 2.05) is 47.8 Å². The lowest BCUT2D eigenvalue weighted by molar-refractivity contribution is -0.186. The molecule has 0 radical (unpaired) electrons. The summed E-state index contributed by atoms with van der Waals surface area (Å²) in [5, 5.41) is 13.6. The second-order valence-corrected chi connectivity index (χ2v) is 17.2. The van der Waals surface area contributed by atoms with Gasteiger partial charge in [0.15, 0.2) is 11.2 Å². The second kappa shape index (κ2) is 13.0. The molecular formula is C39H43N3O7S2. The van der Waals surface area contributed by atoms with Gasteiger partial charge in [-0.3, -0.25) is 4.79 Å². The van der Waals surface area contributed by atoms with Crippen LogP contribution in [-0.2, 0) is 27.2 Å². The van der Waals surface area contributed by atoms with E-state index in [1.165, 1.54) is 0 Å². The number of rotatable bonds is 5. The van der Waals surface area contributed by atoms with Crippen LogP contribution < -0.4 is 21.4 Å². The highest BCUT2D eigenvalue weighted by Gasteiger charge is 2.64. The molecule has 12 heteroatoms. The molecule has 4 N–H and O–H groups in total. The number of nitrogens with two attached hydrogens (primary N) is 1. The molecule has 1 amide bonds. The minimum atomic E-state index is -1.14. The van der Waals surface area contributed by atoms with Crippen LogP contribution in [0.25, 0.3) is 11.0 Å². The van der Waals surface area contributed by atoms with Crippen LogP contribution in [0.1, 0.15) is 51.2 Å². The van der Waals surface area contributed by atoms with Crippen molar-refractivity contribution in [2.45, 2.75) is 75.4 Å². The molecule has 268 valence electrons. The molecule has 0 bridgehead atoms. The normalized spacial score (nSPS) is 31.3. The van der Waals surface area contributed by atoms with E-state index in [4.69, 9.17) is 19.6 Å². The summed E-state index contributed by atoms with van der Waals surface area (Å²) >= 11 is 0. The summed E-state index contributed by atoms with van der Waals surface area (Å²) in [5.41, 5.74) is 9.09. The van der Waals surface area contributed by atoms with E-state index in [-0.39, 0.29) is 30.2 Å². The number of hydrogen-bond donors (Lipinski definition) is 3. The van der Waals surface area contributed by atoms with Gasteiger partial charge in [-0.25, -0.2) is 9.59 Å². The molecular weight excluding hydrogens is 687 g/mol. The number of aliphatic hydroxyl groups is 1. The van der Waals surface area contributed by atoms with Crippen LogP contribution in [0.4, 0.5) is 0 Å². The summed E-state index contributed by atoms with van der Waals surface area (Å²) in [5.74, 6) is 1.42. The van der Waals surface area contributed by atoms with E-state index < -0.39 is 28.7 Å². The minimum absolute atomic E-state index is 0.0234. The maximum atomic E-state index is 14.0. The van der Waals surface area contributed by atoms with E-state index in [0.29, 0.717) is 72.2 Å². The van der Waals surface area contributed by atoms with Gasteiger partial charge in [-0.05, 0) is 68.5 Å². The standard InChI is InChI=1S/C39H43N3O7S2/c1-4-21(2)36(45)49-38(3)10-9-24-20-50-51-31-8-7-23-19-42(35(23)31)33(44)14-27-18-41-32(40)15-28(27)34(24)39(38)17-26-13-25-12-22(6-5-11-43)37(46)47-29(25)16-30(26)48-39/h4,7-9,12-13,15-16,23,31,34-35,41,43H,5-6,10-11,14,17-20,40H2,1-3H3. The zero-order valence-electron chi connectivity index (χ0n) is 29.0. The third-order valence-corrected chi connectivity index (χ3v) is 14.3. The Bertz CT molecular complexity index is 2050. The smallest absolute Gasteiger partial charge is 0.339 e. The summed E-state index contributed by atoms with van der Waals surface area (Å²) in [7, 11) is 3.59. The van der Waals surface area contributed by atoms with Crippen molar-refractivity contribution in [2.24, 2.45) is 17.6 Å². The van der Waals surface area contributed by atoms with Gasteiger partial charge in [0.2, 0.25) is 5.91 Å². The Morgan fingerprint density at radius 3 is 2.90 bits per heavy atom. The summed E-state index contributed by atoms with van der Waals surface area (Å²) in [6.07, 6.45) is 12.3. The first-order valence-electron chi connectivity index (χ1n) is 17.7. The molecule has 0 saturated carbocycles. The first kappa shape index (κ1) is 34.2. The van der Waals surface area contributed by atoms with Gasteiger partial charge in [-0.1, -0.05) is 51.5 Å². The van der Waals surface area contributed by atoms with Gasteiger partial charge in [0.05, 0.1) is 29.5 Å². The van der Waals surface area contributed by atoms with E-state index >= 15 is 0 Å². The van der Waals surface area contributed by atoms with E-state index in [2.05, 4.69) is 23.5 Å². The van der Waals surface area contributed by atoms with Gasteiger partial charge in [0.1, 0.15) is 11.3 Å². The van der Waals surface area contributed by atoms with Gasteiger partial charge in [-0.15, -0.1) is 0 Å². The highest BCUT2D eigenvalue weighted by atomic mass is 33.1. The largest absolute Gasteiger partial charge is 0.481 e. The zero-order valence-corrected chi connectivity index (χ0v) is 30.7. The molecule has 4 aliphatic heterocycles. The lowest BCUT2D eigenvalue weighted by Crippen LogP contribution is -2.65. The minimum Gasteiger partial charge on any atom is -0.481 e. The average molecular weight is 730 g/mol. The number of hydrogen-bond acceptors (Lipinski definition) is 11. The van der Waals surface area contributed by atoms with Crippen molar-refractivity contribution in [3.8, 4) is 5.75 Å². The fourth-order valence-corrected chi connectivity index (χ4v) is 11.5. The number of dihydropyridines is 1. The van der Waals surface area contributed by atoms with Crippen molar-refractivity contribution in [1.29, 1.82) is 0 Å². The molecule has 8 rings (SSSR count). The number of aryl methyl sites for hydroxylation is 1. The number of fused-ring (bicyclic) bond motifs is 5. The maximum absolute atomic E-state index is 14.0. The van der Waals surface area contributed by atoms with Gasteiger partial charge in [0.25, 0.3) is 0 Å². The van der Waals surface area contributed by atoms with Gasteiger partial charge in [-0.2, -0.15) is 0 Å². The molecule has 2 aliphatic carbocycles. The first-order valence-corrected chi connectivity index (χ1v) is 20.1. The number of aliphatic hydroxyl groups excluding tert-OH is 1. The Labute approximate surface area is 304 Å². The van der Waals surface area contributed by atoms with Crippen LogP contribution in [0.2, 0.25) is 0 Å². The van der Waals surface area contributed by atoms with E-state index in [0.717, 1.165) is 34.2 Å². The van der Waals surface area contributed by atoms with Crippen molar-refractivity contribution in [3.63, 3.8) is 0 Å². The quantitative estimate of drug-likeness (QED) is 0.128. The molecule has 1 saturated heterocycles. The average Bonchev–Trinajstić information content (AvgIpc) is 3.61. The number of carbonyl (C=O) groups is 2. The lowest BCUT2D eigenvalue weighted by Gasteiger charge is -2.53. The molecule has 1 aromatic heterocycles. The lowest BCUT2D eigenvalue weighted by atomic mass is 9.61. The summed E-state index contributed by atoms with van der Waals surface area (Å²) in [6, 6.07) is 5.79. The summed E-state index contributed by atoms with van der Waals surface area (Å²) in [4.78, 5) is 42.6. The van der Waals surface area contributed by atoms with Crippen molar-refractivity contribution in [2.75, 3.05) is 25.4 Å². The third kappa shape index (κ3) is 5.65. The summed E-state index contributed by atoms with van der Waals surface area (Å²) in [6.45, 7) is 6.63. The van der Waals surface area contributed by atoms with Crippen molar-refractivity contribution >= 4 is 44.4 Å². The molecule has 1 fully saturated rings. The monoisotopic (exact) mass is 729 g/mol. The Hall–Kier alpha value is -3.87. The SMILES string of the molecule is CC=C(C)C(=O)OC1(C)CC=C2CSSC3C=CC4CN(C(=O)CC5=C(C=C(N)NC5)C2C12Cc1cc5cc(CCCO)c(=O)oc5cc1O2)C43. The Morgan fingerprint density at radius 1 is 1.25 bits per heavy atom. The number of nitrogens with zero attached hydrogens (tertiary/aromatic N) is 1. The van der Waals surface area contributed by atoms with Crippen molar-refractivity contribution in [1.82, 2.24) is 10.2 Å². The fraction of sp³-hybridized carbons (Fsp3) is 0.462. The van der Waals surface area contributed by atoms with Crippen LogP contribution in [0.3, 0.4) is 0 Å². The predicted octanol–water partition coefficient (Wildman–Crippen LogP) is 4.86. The van der Waals surface area contributed by atoms with Crippen molar-refractivity contribution in [3.05, 3.63) is 98.2 Å². The van der Waals surface area contributed by atoms with Crippen LogP contribution in [0, 0.1) is 11.8 Å². The van der Waals surface area contributed by atoms with E-state index in [1.54, 1.807) is 29.9 Å². The number of esters is 1. The molecule has 6 aliphatic rings. The summed E-state index contributed by atoms with van der Waals surface area (Å²) < 4.78 is 19.6. The maximum Gasteiger partial charge on any atom is 0.339 e.